The van der Waals surface area contributed by atoms with Crippen molar-refractivity contribution in [2.75, 3.05) is 17.4 Å². The number of hydrogen-bond acceptors (Lipinski definition) is 5. The normalized spacial score (nSPS) is 11.7. The van der Waals surface area contributed by atoms with Crippen molar-refractivity contribution >= 4 is 27.5 Å². The minimum Gasteiger partial charge on any atom is -0.457 e. The van der Waals surface area contributed by atoms with E-state index >= 15 is 0 Å². The molecule has 0 aliphatic rings. The summed E-state index contributed by atoms with van der Waals surface area (Å²) in [5.74, 6) is 0.330. The summed E-state index contributed by atoms with van der Waals surface area (Å²) < 4.78 is 35.5. The Bertz CT molecular complexity index is 1920. The second-order valence-electron chi connectivity index (χ2n) is 11.7. The molecule has 252 valence electrons. The summed E-state index contributed by atoms with van der Waals surface area (Å²) in [6, 6.07) is 40.2. The van der Waals surface area contributed by atoms with Crippen LogP contribution in [0, 0.1) is 6.92 Å². The lowest BCUT2D eigenvalue weighted by Crippen LogP contribution is -2.53. The zero-order valence-corrected chi connectivity index (χ0v) is 28.6. The van der Waals surface area contributed by atoms with Crippen LogP contribution in [-0.2, 0) is 32.6 Å². The van der Waals surface area contributed by atoms with Gasteiger partial charge in [-0.25, -0.2) is 8.42 Å². The number of nitrogens with one attached hydrogen (secondary N) is 1. The maximum absolute atomic E-state index is 14.6. The fraction of sp³-hybridized carbons (Fsp3) is 0.200. The van der Waals surface area contributed by atoms with E-state index in [-0.39, 0.29) is 29.5 Å². The molecule has 0 saturated carbocycles. The third kappa shape index (κ3) is 9.36. The second kappa shape index (κ2) is 16.6. The highest BCUT2D eigenvalue weighted by Gasteiger charge is 2.34. The van der Waals surface area contributed by atoms with Crippen LogP contribution < -0.4 is 14.4 Å². The topological polar surface area (TPSA) is 96.0 Å². The predicted molar refractivity (Wildman–Crippen MR) is 193 cm³/mol. The van der Waals surface area contributed by atoms with E-state index in [1.165, 1.54) is 17.0 Å². The van der Waals surface area contributed by atoms with Gasteiger partial charge in [-0.3, -0.25) is 13.9 Å². The van der Waals surface area contributed by atoms with Gasteiger partial charge >= 0.3 is 0 Å². The lowest BCUT2D eigenvalue weighted by atomic mass is 10.0. The Morgan fingerprint density at radius 1 is 0.735 bits per heavy atom. The number of anilines is 1. The molecule has 9 heteroatoms. The van der Waals surface area contributed by atoms with Crippen LogP contribution in [0.1, 0.15) is 30.0 Å². The van der Waals surface area contributed by atoms with Crippen molar-refractivity contribution in [1.82, 2.24) is 10.2 Å². The Balaban J connectivity index is 1.54. The smallest absolute Gasteiger partial charge is 0.264 e. The van der Waals surface area contributed by atoms with Crippen molar-refractivity contribution in [3.63, 3.8) is 0 Å². The van der Waals surface area contributed by atoms with Crippen LogP contribution in [0.5, 0.6) is 11.5 Å². The fourth-order valence-corrected chi connectivity index (χ4v) is 6.92. The zero-order chi connectivity index (χ0) is 34.6. The van der Waals surface area contributed by atoms with Crippen LogP contribution in [0.2, 0.25) is 0 Å². The summed E-state index contributed by atoms with van der Waals surface area (Å²) >= 11 is 0. The first kappa shape index (κ1) is 34.9. The van der Waals surface area contributed by atoms with Gasteiger partial charge in [-0.2, -0.15) is 0 Å². The van der Waals surface area contributed by atoms with Crippen LogP contribution in [0.3, 0.4) is 0 Å². The predicted octanol–water partition coefficient (Wildman–Crippen LogP) is 7.15. The van der Waals surface area contributed by atoms with Crippen LogP contribution in [0.25, 0.3) is 0 Å². The number of aryl methyl sites for hydroxylation is 1. The largest absolute Gasteiger partial charge is 0.457 e. The van der Waals surface area contributed by atoms with E-state index in [4.69, 9.17) is 4.74 Å². The van der Waals surface area contributed by atoms with Crippen LogP contribution in [0.4, 0.5) is 5.69 Å². The Labute approximate surface area is 289 Å². The number of benzene rings is 5. The maximum atomic E-state index is 14.6. The van der Waals surface area contributed by atoms with Crippen molar-refractivity contribution in [3.05, 3.63) is 156 Å². The van der Waals surface area contributed by atoms with E-state index in [1.807, 2.05) is 98.8 Å². The minimum absolute atomic E-state index is 0.0409. The molecule has 1 N–H and O–H groups in total. The van der Waals surface area contributed by atoms with Gasteiger partial charge in [0.2, 0.25) is 11.8 Å². The standard InChI is InChI=1S/C40H41N3O5S/c1-3-26-41-40(45)38(28-32-15-7-4-8-16-32)42(29-33-17-13-14-31(2)27-33)39(44)30-43(49(46,47)37-20-11-6-12-21-37)34-22-24-36(25-23-34)48-35-18-9-5-10-19-35/h4-25,27,38H,3,26,28-30H2,1-2H3,(H,41,45)/t38-/m0/s1. The molecule has 8 nitrogen and oxygen atoms in total. The van der Waals surface area contributed by atoms with Crippen molar-refractivity contribution < 1.29 is 22.7 Å². The highest BCUT2D eigenvalue weighted by atomic mass is 32.2. The minimum atomic E-state index is -4.21. The summed E-state index contributed by atoms with van der Waals surface area (Å²) in [5, 5.41) is 2.97. The number of sulfonamides is 1. The number of para-hydroxylation sites is 1. The SMILES string of the molecule is CCCNC(=O)[C@H](Cc1ccccc1)N(Cc1cccc(C)c1)C(=O)CN(c1ccc(Oc2ccccc2)cc1)S(=O)(=O)c1ccccc1. The van der Waals surface area contributed by atoms with Crippen LogP contribution in [-0.4, -0.2) is 44.3 Å². The first-order valence-electron chi connectivity index (χ1n) is 16.3. The lowest BCUT2D eigenvalue weighted by Gasteiger charge is -2.34. The second-order valence-corrected chi connectivity index (χ2v) is 13.6. The van der Waals surface area contributed by atoms with Gasteiger partial charge in [0.15, 0.2) is 0 Å². The quantitative estimate of drug-likeness (QED) is 0.127. The molecular formula is C40H41N3O5S. The molecule has 0 bridgehead atoms. The lowest BCUT2D eigenvalue weighted by molar-refractivity contribution is -0.140. The van der Waals surface area contributed by atoms with Crippen LogP contribution in [0.15, 0.2) is 144 Å². The third-order valence-electron chi connectivity index (χ3n) is 7.97. The van der Waals surface area contributed by atoms with Gasteiger partial charge in [-0.15, -0.1) is 0 Å². The van der Waals surface area contributed by atoms with E-state index in [0.29, 0.717) is 18.0 Å². The van der Waals surface area contributed by atoms with Gasteiger partial charge in [-0.05, 0) is 73.0 Å². The van der Waals surface area contributed by atoms with E-state index in [0.717, 1.165) is 27.4 Å². The molecule has 0 radical (unpaired) electrons. The molecule has 5 aromatic rings. The Morgan fingerprint density at radius 3 is 1.96 bits per heavy atom. The van der Waals surface area contributed by atoms with E-state index < -0.39 is 28.5 Å². The molecule has 0 unspecified atom stereocenters. The van der Waals surface area contributed by atoms with Crippen molar-refractivity contribution in [2.24, 2.45) is 0 Å². The molecule has 2 amide bonds. The van der Waals surface area contributed by atoms with Gasteiger partial charge in [0, 0.05) is 19.5 Å². The highest BCUT2D eigenvalue weighted by molar-refractivity contribution is 7.92. The number of rotatable bonds is 15. The van der Waals surface area contributed by atoms with Crippen molar-refractivity contribution in [1.29, 1.82) is 0 Å². The number of hydrogen-bond donors (Lipinski definition) is 1. The first-order valence-corrected chi connectivity index (χ1v) is 17.8. The van der Waals surface area contributed by atoms with Crippen LogP contribution >= 0.6 is 0 Å². The molecule has 0 fully saturated rings. The molecule has 49 heavy (non-hydrogen) atoms. The van der Waals surface area contributed by atoms with Gasteiger partial charge in [0.1, 0.15) is 24.1 Å². The molecular weight excluding hydrogens is 635 g/mol. The molecule has 0 aliphatic carbocycles. The Morgan fingerprint density at radius 2 is 1.33 bits per heavy atom. The van der Waals surface area contributed by atoms with Gasteiger partial charge in [0.25, 0.3) is 10.0 Å². The molecule has 0 saturated heterocycles. The van der Waals surface area contributed by atoms with Crippen molar-refractivity contribution in [3.8, 4) is 11.5 Å². The third-order valence-corrected chi connectivity index (χ3v) is 9.76. The molecule has 0 aliphatic heterocycles. The van der Waals surface area contributed by atoms with Gasteiger partial charge < -0.3 is 15.0 Å². The molecule has 0 heterocycles. The molecule has 1 atom stereocenters. The molecule has 0 aromatic heterocycles. The molecule has 5 aromatic carbocycles. The average Bonchev–Trinajstić information content (AvgIpc) is 3.12. The fourth-order valence-electron chi connectivity index (χ4n) is 5.48. The summed E-state index contributed by atoms with van der Waals surface area (Å²) in [6.07, 6.45) is 0.980. The monoisotopic (exact) mass is 675 g/mol. The highest BCUT2D eigenvalue weighted by Crippen LogP contribution is 2.29. The van der Waals surface area contributed by atoms with E-state index in [2.05, 4.69) is 5.32 Å². The summed E-state index contributed by atoms with van der Waals surface area (Å²) in [5.41, 5.74) is 2.99. The number of carbonyl (C=O) groups is 2. The summed E-state index contributed by atoms with van der Waals surface area (Å²) in [7, 11) is -4.21. The summed E-state index contributed by atoms with van der Waals surface area (Å²) in [6.45, 7) is 3.95. The number of amides is 2. The van der Waals surface area contributed by atoms with E-state index in [1.54, 1.807) is 42.5 Å². The Kier molecular flexibility index (Phi) is 11.8. The first-order chi connectivity index (χ1) is 23.7. The number of nitrogens with zero attached hydrogens (tertiary/aromatic N) is 2. The van der Waals surface area contributed by atoms with Gasteiger partial charge in [0.05, 0.1) is 10.6 Å². The maximum Gasteiger partial charge on any atom is 0.264 e. The van der Waals surface area contributed by atoms with E-state index in [9.17, 15) is 18.0 Å². The molecule has 0 spiro atoms. The number of ether oxygens (including phenoxy) is 1. The Hall–Kier alpha value is -5.41. The molecule has 5 rings (SSSR count). The zero-order valence-electron chi connectivity index (χ0n) is 27.7. The average molecular weight is 676 g/mol. The number of carbonyl (C=O) groups excluding carboxylic acids is 2. The summed E-state index contributed by atoms with van der Waals surface area (Å²) in [4.78, 5) is 30.0. The van der Waals surface area contributed by atoms with Gasteiger partial charge in [-0.1, -0.05) is 103 Å². The van der Waals surface area contributed by atoms with Crippen molar-refractivity contribution in [2.45, 2.75) is 44.2 Å².